The molecule has 0 bridgehead atoms. The van der Waals surface area contributed by atoms with Crippen molar-refractivity contribution >= 4 is 17.8 Å². The van der Waals surface area contributed by atoms with Gasteiger partial charge < -0.3 is 19.9 Å². The number of azide groups is 1. The van der Waals surface area contributed by atoms with Crippen LogP contribution in [-0.4, -0.2) is 57.3 Å². The maximum absolute atomic E-state index is 12.1. The topological polar surface area (TPSA) is 206 Å². The lowest BCUT2D eigenvalue weighted by molar-refractivity contribution is -0.159. The van der Waals surface area contributed by atoms with Crippen LogP contribution >= 0.6 is 0 Å². The maximum atomic E-state index is 12.1. The van der Waals surface area contributed by atoms with E-state index in [1.54, 1.807) is 13.8 Å². The van der Waals surface area contributed by atoms with E-state index in [1.165, 1.54) is 13.1 Å². The van der Waals surface area contributed by atoms with Crippen LogP contribution in [-0.2, 0) is 23.9 Å². The predicted octanol–water partition coefficient (Wildman–Crippen LogP) is -0.0299. The van der Waals surface area contributed by atoms with Crippen molar-refractivity contribution < 1.29 is 29.0 Å². The zero-order valence-electron chi connectivity index (χ0n) is 17.7. The highest BCUT2D eigenvalue weighted by atomic mass is 16.6. The third-order valence-corrected chi connectivity index (χ3v) is 5.19. The molecular weight excluding hydrogens is 428 g/mol. The number of hydrogen-bond acceptors (Lipinski definition) is 8. The van der Waals surface area contributed by atoms with Gasteiger partial charge in [-0.05, 0) is 18.4 Å². The molecule has 0 spiro atoms. The maximum Gasteiger partial charge on any atom is 0.396 e. The Labute approximate surface area is 181 Å². The van der Waals surface area contributed by atoms with E-state index in [0.29, 0.717) is 6.42 Å². The van der Waals surface area contributed by atoms with E-state index < -0.39 is 66.0 Å². The van der Waals surface area contributed by atoms with Crippen molar-refractivity contribution in [1.82, 2.24) is 14.9 Å². The standard InChI is InChI=1S/C18H24N6O8/c1-4-8(2)13(16(27)28)20-15(26)17(29)31-7-11-10(22-23-19)5-12(32-11)24-6-9(3)14(25)21-18(24)30/h6,8,10-13H,4-5,7H2,1-3H3,(H,20,26)(H,27,28)(H,21,25,30)/t8-,10-,11+,12+,13-/m0/s1. The number of nitrogens with zero attached hydrogens (tertiary/aromatic N) is 4. The number of ether oxygens (including phenoxy) is 2. The number of amides is 1. The Morgan fingerprint density at radius 1 is 1.47 bits per heavy atom. The molecule has 0 saturated carbocycles. The molecule has 32 heavy (non-hydrogen) atoms. The van der Waals surface area contributed by atoms with Crippen LogP contribution in [0.2, 0.25) is 0 Å². The molecule has 5 atom stereocenters. The molecule has 14 nitrogen and oxygen atoms in total. The summed E-state index contributed by atoms with van der Waals surface area (Å²) in [6.07, 6.45) is -0.0774. The fraction of sp³-hybridized carbons (Fsp3) is 0.611. The van der Waals surface area contributed by atoms with Gasteiger partial charge in [-0.25, -0.2) is 14.4 Å². The number of aliphatic carboxylic acids is 1. The van der Waals surface area contributed by atoms with E-state index in [4.69, 9.17) is 15.0 Å². The molecule has 1 aromatic heterocycles. The summed E-state index contributed by atoms with van der Waals surface area (Å²) in [5.41, 5.74) is 7.77. The fourth-order valence-electron chi connectivity index (χ4n) is 3.13. The summed E-state index contributed by atoms with van der Waals surface area (Å²) < 4.78 is 11.7. The summed E-state index contributed by atoms with van der Waals surface area (Å²) in [5, 5.41) is 14.9. The van der Waals surface area contributed by atoms with Gasteiger partial charge in [0.15, 0.2) is 0 Å². The summed E-state index contributed by atoms with van der Waals surface area (Å²) >= 11 is 0. The van der Waals surface area contributed by atoms with Crippen molar-refractivity contribution in [3.05, 3.63) is 43.0 Å². The van der Waals surface area contributed by atoms with Crippen molar-refractivity contribution in [2.45, 2.75) is 58.0 Å². The van der Waals surface area contributed by atoms with Gasteiger partial charge >= 0.3 is 23.5 Å². The minimum Gasteiger partial charge on any atom is -0.480 e. The molecule has 1 amide bonds. The molecule has 2 rings (SSSR count). The van der Waals surface area contributed by atoms with Crippen LogP contribution in [0.3, 0.4) is 0 Å². The largest absolute Gasteiger partial charge is 0.480 e. The predicted molar refractivity (Wildman–Crippen MR) is 108 cm³/mol. The van der Waals surface area contributed by atoms with E-state index in [0.717, 1.165) is 4.57 Å². The summed E-state index contributed by atoms with van der Waals surface area (Å²) in [6, 6.07) is -2.09. The van der Waals surface area contributed by atoms with Gasteiger partial charge in [0.05, 0.1) is 6.04 Å². The molecule has 0 unspecified atom stereocenters. The number of carbonyl (C=O) groups excluding carboxylic acids is 2. The molecule has 1 saturated heterocycles. The smallest absolute Gasteiger partial charge is 0.396 e. The molecule has 0 aromatic carbocycles. The summed E-state index contributed by atoms with van der Waals surface area (Å²) in [5.74, 6) is -4.27. The molecular formula is C18H24N6O8. The summed E-state index contributed by atoms with van der Waals surface area (Å²) in [4.78, 5) is 63.9. The first-order valence-electron chi connectivity index (χ1n) is 9.81. The van der Waals surface area contributed by atoms with Crippen LogP contribution in [0, 0.1) is 12.8 Å². The molecule has 1 fully saturated rings. The second-order valence-electron chi connectivity index (χ2n) is 7.39. The van der Waals surface area contributed by atoms with Gasteiger partial charge in [-0.1, -0.05) is 25.4 Å². The number of aromatic nitrogens is 2. The Hall–Kier alpha value is -3.64. The Balaban J connectivity index is 2.07. The van der Waals surface area contributed by atoms with Gasteiger partial charge in [0.25, 0.3) is 5.56 Å². The SMILES string of the molecule is CC[C@H](C)[C@H](NC(=O)C(=O)OC[C@H]1O[C@@H](n2cc(C)c(=O)[nH]c2=O)C[C@@H]1N=[N+]=[N-])C(=O)O. The minimum absolute atomic E-state index is 0.0545. The highest BCUT2D eigenvalue weighted by Gasteiger charge is 2.38. The molecule has 0 radical (unpaired) electrons. The van der Waals surface area contributed by atoms with Crippen molar-refractivity contribution in [2.24, 2.45) is 11.0 Å². The van der Waals surface area contributed by atoms with Crippen LogP contribution in [0.4, 0.5) is 0 Å². The number of carboxylic acids is 1. The van der Waals surface area contributed by atoms with Gasteiger partial charge in [-0.2, -0.15) is 0 Å². The van der Waals surface area contributed by atoms with Gasteiger partial charge in [0, 0.05) is 23.1 Å². The highest BCUT2D eigenvalue weighted by molar-refractivity contribution is 6.32. The molecule has 1 aliphatic heterocycles. The normalized spacial score (nSPS) is 21.8. The molecule has 174 valence electrons. The Bertz CT molecular complexity index is 1040. The number of aryl methyl sites for hydroxylation is 1. The zero-order valence-corrected chi connectivity index (χ0v) is 17.7. The van der Waals surface area contributed by atoms with Crippen molar-refractivity contribution in [2.75, 3.05) is 6.61 Å². The molecule has 0 aliphatic carbocycles. The number of H-pyrrole nitrogens is 1. The molecule has 3 N–H and O–H groups in total. The second kappa shape index (κ2) is 10.6. The zero-order chi connectivity index (χ0) is 24.0. The Kier molecular flexibility index (Phi) is 8.15. The van der Waals surface area contributed by atoms with Crippen molar-refractivity contribution in [1.29, 1.82) is 0 Å². The highest BCUT2D eigenvalue weighted by Crippen LogP contribution is 2.30. The van der Waals surface area contributed by atoms with Gasteiger partial charge in [0.1, 0.15) is 25.0 Å². The van der Waals surface area contributed by atoms with Gasteiger partial charge in [0.2, 0.25) is 0 Å². The number of aromatic amines is 1. The molecule has 14 heteroatoms. The minimum atomic E-state index is -1.33. The average molecular weight is 452 g/mol. The second-order valence-corrected chi connectivity index (χ2v) is 7.39. The first-order chi connectivity index (χ1) is 15.1. The van der Waals surface area contributed by atoms with Crippen LogP contribution in [0.5, 0.6) is 0 Å². The van der Waals surface area contributed by atoms with Gasteiger partial charge in [-0.15, -0.1) is 0 Å². The summed E-state index contributed by atoms with van der Waals surface area (Å²) in [6.45, 7) is 4.37. The lowest BCUT2D eigenvalue weighted by atomic mass is 9.99. The Morgan fingerprint density at radius 3 is 2.75 bits per heavy atom. The fourth-order valence-corrected chi connectivity index (χ4v) is 3.13. The van der Waals surface area contributed by atoms with Gasteiger partial charge in [-0.3, -0.25) is 19.1 Å². The number of esters is 1. The third-order valence-electron chi connectivity index (χ3n) is 5.19. The van der Waals surface area contributed by atoms with E-state index in [2.05, 4.69) is 20.3 Å². The van der Waals surface area contributed by atoms with E-state index in [1.807, 2.05) is 0 Å². The molecule has 2 heterocycles. The number of hydrogen-bond donors (Lipinski definition) is 3. The number of nitrogens with one attached hydrogen (secondary N) is 2. The molecule has 1 aliphatic rings. The van der Waals surface area contributed by atoms with Crippen LogP contribution < -0.4 is 16.6 Å². The lowest BCUT2D eigenvalue weighted by Crippen LogP contribution is -2.48. The monoisotopic (exact) mass is 452 g/mol. The quantitative estimate of drug-likeness (QED) is 0.160. The average Bonchev–Trinajstić information content (AvgIpc) is 3.14. The van der Waals surface area contributed by atoms with Crippen LogP contribution in [0.1, 0.15) is 38.5 Å². The lowest BCUT2D eigenvalue weighted by Gasteiger charge is -2.20. The van der Waals surface area contributed by atoms with E-state index in [9.17, 15) is 29.1 Å². The van der Waals surface area contributed by atoms with E-state index >= 15 is 0 Å². The van der Waals surface area contributed by atoms with Crippen molar-refractivity contribution in [3.8, 4) is 0 Å². The molecule has 1 aromatic rings. The summed E-state index contributed by atoms with van der Waals surface area (Å²) in [7, 11) is 0. The van der Waals surface area contributed by atoms with E-state index in [-0.39, 0.29) is 12.0 Å². The number of rotatable bonds is 8. The van der Waals surface area contributed by atoms with Crippen molar-refractivity contribution in [3.63, 3.8) is 0 Å². The number of carboxylic acid groups (broad SMARTS) is 1. The first kappa shape index (κ1) is 24.6. The number of carbonyl (C=O) groups is 3. The first-order valence-corrected chi connectivity index (χ1v) is 9.81. The third kappa shape index (κ3) is 5.74. The Morgan fingerprint density at radius 2 is 2.16 bits per heavy atom. The van der Waals surface area contributed by atoms with Crippen LogP contribution in [0.15, 0.2) is 20.9 Å². The van der Waals surface area contributed by atoms with Crippen LogP contribution in [0.25, 0.3) is 10.4 Å².